The van der Waals surface area contributed by atoms with E-state index in [0.717, 1.165) is 11.1 Å². The molecule has 0 saturated heterocycles. The molecule has 2 aromatic carbocycles. The second kappa shape index (κ2) is 11.0. The molecule has 40 heavy (non-hydrogen) atoms. The van der Waals surface area contributed by atoms with Gasteiger partial charge in [-0.15, -0.1) is 0 Å². The Hall–Kier alpha value is -3.71. The van der Waals surface area contributed by atoms with Gasteiger partial charge in [0.1, 0.15) is 6.04 Å². The molecule has 4 rings (SSSR count). The SMILES string of the molecule is CC1(C)OB(O)c2cc(C(=O)NC[C@H](NC(=O)c3ccc4c(c3)B(O)OC4(C)C)C(=O)NCCC(=O)O)ccc21. The van der Waals surface area contributed by atoms with Gasteiger partial charge < -0.3 is 40.4 Å². The number of carbonyl (C=O) groups excluding carboxylic acids is 3. The minimum atomic E-state index is -1.25. The summed E-state index contributed by atoms with van der Waals surface area (Å²) in [6.45, 7) is 6.69. The Bertz CT molecular complexity index is 1360. The third kappa shape index (κ3) is 6.04. The third-order valence-corrected chi connectivity index (χ3v) is 7.00. The lowest BCUT2D eigenvalue weighted by atomic mass is 9.77. The second-order valence-electron chi connectivity index (χ2n) is 10.7. The minimum Gasteiger partial charge on any atom is -0.481 e. The Morgan fingerprint density at radius 2 is 1.32 bits per heavy atom. The molecule has 0 bridgehead atoms. The average Bonchev–Trinajstić information content (AvgIpc) is 3.26. The van der Waals surface area contributed by atoms with Crippen LogP contribution in [-0.2, 0) is 30.1 Å². The van der Waals surface area contributed by atoms with E-state index in [0.29, 0.717) is 10.9 Å². The summed E-state index contributed by atoms with van der Waals surface area (Å²) in [5.41, 5.74) is 1.26. The van der Waals surface area contributed by atoms with Gasteiger partial charge in [-0.25, -0.2) is 0 Å². The average molecular weight is 551 g/mol. The van der Waals surface area contributed by atoms with Gasteiger partial charge in [-0.05, 0) is 74.0 Å². The molecule has 1 atom stereocenters. The molecular weight excluding hydrogens is 520 g/mol. The Kier molecular flexibility index (Phi) is 8.08. The largest absolute Gasteiger partial charge is 0.492 e. The fourth-order valence-electron chi connectivity index (χ4n) is 4.89. The van der Waals surface area contributed by atoms with Crippen LogP contribution >= 0.6 is 0 Å². The number of rotatable bonds is 9. The van der Waals surface area contributed by atoms with E-state index >= 15 is 0 Å². The van der Waals surface area contributed by atoms with Crippen LogP contribution < -0.4 is 26.9 Å². The molecule has 0 spiro atoms. The van der Waals surface area contributed by atoms with Gasteiger partial charge >= 0.3 is 20.2 Å². The first-order valence-electron chi connectivity index (χ1n) is 12.8. The molecule has 2 aliphatic heterocycles. The van der Waals surface area contributed by atoms with E-state index in [1.165, 1.54) is 18.2 Å². The molecule has 0 saturated carbocycles. The maximum absolute atomic E-state index is 13.1. The first-order chi connectivity index (χ1) is 18.7. The van der Waals surface area contributed by atoms with Crippen LogP contribution in [-0.4, -0.2) is 72.2 Å². The van der Waals surface area contributed by atoms with Crippen LogP contribution in [0.1, 0.15) is 66.0 Å². The van der Waals surface area contributed by atoms with Gasteiger partial charge in [-0.1, -0.05) is 12.1 Å². The summed E-state index contributed by atoms with van der Waals surface area (Å²) in [5.74, 6) is -3.01. The predicted molar refractivity (Wildman–Crippen MR) is 145 cm³/mol. The van der Waals surface area contributed by atoms with Crippen LogP contribution in [0.4, 0.5) is 0 Å². The predicted octanol–water partition coefficient (Wildman–Crippen LogP) is -1.29. The van der Waals surface area contributed by atoms with E-state index in [1.807, 2.05) is 0 Å². The smallest absolute Gasteiger partial charge is 0.481 e. The molecule has 0 unspecified atom stereocenters. The maximum Gasteiger partial charge on any atom is 0.492 e. The molecule has 14 heteroatoms. The molecule has 0 aliphatic carbocycles. The minimum absolute atomic E-state index is 0.156. The number of carboxylic acid groups (broad SMARTS) is 1. The fraction of sp³-hybridized carbons (Fsp3) is 0.385. The van der Waals surface area contributed by atoms with Crippen molar-refractivity contribution in [3.8, 4) is 0 Å². The molecule has 2 aliphatic rings. The van der Waals surface area contributed by atoms with Gasteiger partial charge in [-0.2, -0.15) is 0 Å². The highest BCUT2D eigenvalue weighted by Crippen LogP contribution is 2.30. The zero-order valence-electron chi connectivity index (χ0n) is 22.6. The summed E-state index contributed by atoms with van der Waals surface area (Å²) in [5, 5.41) is 37.0. The summed E-state index contributed by atoms with van der Waals surface area (Å²) >= 11 is 0. The Labute approximate surface area is 231 Å². The van der Waals surface area contributed by atoms with Crippen molar-refractivity contribution in [3.05, 3.63) is 58.7 Å². The molecule has 2 aromatic rings. The lowest BCUT2D eigenvalue weighted by Crippen LogP contribution is -2.53. The lowest BCUT2D eigenvalue weighted by Gasteiger charge is -2.21. The van der Waals surface area contributed by atoms with Gasteiger partial charge in [-0.3, -0.25) is 19.2 Å². The van der Waals surface area contributed by atoms with Gasteiger partial charge in [0.2, 0.25) is 5.91 Å². The van der Waals surface area contributed by atoms with Crippen LogP contribution in [0.5, 0.6) is 0 Å². The van der Waals surface area contributed by atoms with Crippen molar-refractivity contribution in [3.63, 3.8) is 0 Å². The van der Waals surface area contributed by atoms with Crippen molar-refractivity contribution in [1.82, 2.24) is 16.0 Å². The zero-order chi connectivity index (χ0) is 29.4. The number of hydrogen-bond donors (Lipinski definition) is 6. The molecular formula is C26H31B2N3O9. The first kappa shape index (κ1) is 29.3. The lowest BCUT2D eigenvalue weighted by molar-refractivity contribution is -0.137. The summed E-state index contributed by atoms with van der Waals surface area (Å²) in [7, 11) is -2.40. The number of benzene rings is 2. The summed E-state index contributed by atoms with van der Waals surface area (Å²) in [6.07, 6.45) is -0.326. The van der Waals surface area contributed by atoms with Crippen molar-refractivity contribution < 1.29 is 43.6 Å². The van der Waals surface area contributed by atoms with Gasteiger partial charge in [0.05, 0.1) is 17.6 Å². The molecule has 0 fully saturated rings. The van der Waals surface area contributed by atoms with E-state index in [2.05, 4.69) is 16.0 Å². The number of carboxylic acids is 1. The number of hydrogen-bond acceptors (Lipinski definition) is 8. The number of nitrogens with one attached hydrogen (secondary N) is 3. The molecule has 210 valence electrons. The fourth-order valence-corrected chi connectivity index (χ4v) is 4.89. The normalized spacial score (nSPS) is 17.1. The summed E-state index contributed by atoms with van der Waals surface area (Å²) in [4.78, 5) is 49.7. The molecule has 3 amide bonds. The van der Waals surface area contributed by atoms with Crippen LogP contribution in [0.15, 0.2) is 36.4 Å². The number of carbonyl (C=O) groups is 4. The Morgan fingerprint density at radius 3 is 1.82 bits per heavy atom. The quantitative estimate of drug-likeness (QED) is 0.207. The summed E-state index contributed by atoms with van der Waals surface area (Å²) < 4.78 is 11.1. The third-order valence-electron chi connectivity index (χ3n) is 7.00. The van der Waals surface area contributed by atoms with E-state index in [9.17, 15) is 29.2 Å². The van der Waals surface area contributed by atoms with Crippen LogP contribution in [0.3, 0.4) is 0 Å². The number of aliphatic carboxylic acids is 1. The van der Waals surface area contributed by atoms with E-state index in [-0.39, 0.29) is 30.6 Å². The van der Waals surface area contributed by atoms with Crippen LogP contribution in [0.25, 0.3) is 0 Å². The molecule has 6 N–H and O–H groups in total. The second-order valence-corrected chi connectivity index (χ2v) is 10.7. The van der Waals surface area contributed by atoms with Gasteiger partial charge in [0.15, 0.2) is 0 Å². The van der Waals surface area contributed by atoms with Crippen molar-refractivity contribution in [2.75, 3.05) is 13.1 Å². The standard InChI is InChI=1S/C26H31B2N3O9/c1-25(2)16-7-5-14(11-18(16)27(37)39-25)22(34)30-13-20(24(36)29-10-9-21(32)33)31-23(35)15-6-8-17-19(12-15)28(38)40-26(17,3)4/h5-8,11-12,20,37-38H,9-10,13H2,1-4H3,(H,29,36)(H,30,34)(H,31,35)(H,32,33)/t20-/m0/s1. The van der Waals surface area contributed by atoms with E-state index in [1.54, 1.807) is 45.9 Å². The van der Waals surface area contributed by atoms with Crippen LogP contribution in [0, 0.1) is 0 Å². The van der Waals surface area contributed by atoms with Gasteiger partial charge in [0, 0.05) is 24.2 Å². The van der Waals surface area contributed by atoms with Crippen molar-refractivity contribution in [2.45, 2.75) is 51.4 Å². The number of fused-ring (bicyclic) bond motifs is 2. The number of amides is 3. The highest BCUT2D eigenvalue weighted by atomic mass is 16.5. The highest BCUT2D eigenvalue weighted by Gasteiger charge is 2.42. The molecule has 0 radical (unpaired) electrons. The van der Waals surface area contributed by atoms with Crippen LogP contribution in [0.2, 0.25) is 0 Å². The van der Waals surface area contributed by atoms with E-state index in [4.69, 9.17) is 14.4 Å². The maximum atomic E-state index is 13.1. The Morgan fingerprint density at radius 1 is 0.825 bits per heavy atom. The van der Waals surface area contributed by atoms with E-state index < -0.39 is 55.2 Å². The van der Waals surface area contributed by atoms with Crippen molar-refractivity contribution in [2.24, 2.45) is 0 Å². The topological polar surface area (TPSA) is 184 Å². The monoisotopic (exact) mass is 551 g/mol. The first-order valence-corrected chi connectivity index (χ1v) is 12.8. The Balaban J connectivity index is 1.48. The zero-order valence-corrected chi connectivity index (χ0v) is 22.6. The van der Waals surface area contributed by atoms with Crippen molar-refractivity contribution >= 4 is 48.9 Å². The molecule has 2 heterocycles. The van der Waals surface area contributed by atoms with Gasteiger partial charge in [0.25, 0.3) is 11.8 Å². The summed E-state index contributed by atoms with van der Waals surface area (Å²) in [6, 6.07) is 8.18. The molecule has 12 nitrogen and oxygen atoms in total. The van der Waals surface area contributed by atoms with Crippen molar-refractivity contribution in [1.29, 1.82) is 0 Å². The highest BCUT2D eigenvalue weighted by molar-refractivity contribution is 6.62. The molecule has 0 aromatic heterocycles.